The van der Waals surface area contributed by atoms with Gasteiger partial charge < -0.3 is 19.7 Å². The molecule has 0 spiro atoms. The molecule has 2 heterocycles. The van der Waals surface area contributed by atoms with Gasteiger partial charge in [-0.05, 0) is 55.9 Å². The second-order valence-corrected chi connectivity index (χ2v) is 6.91. The van der Waals surface area contributed by atoms with E-state index >= 15 is 0 Å². The fraction of sp³-hybridized carbons (Fsp3) is 0.632. The molecule has 0 bridgehead atoms. The Kier molecular flexibility index (Phi) is 6.10. The lowest BCUT2D eigenvalue weighted by molar-refractivity contribution is -0.121. The smallest absolute Gasteiger partial charge is 0.250 e. The molecule has 0 radical (unpaired) electrons. The SMILES string of the molecule is CC1CCN(c2ccc(NC(=O)COC[C@@H]3CCCO3)cc2)CC1. The summed E-state index contributed by atoms with van der Waals surface area (Å²) in [4.78, 5) is 14.3. The number of anilines is 2. The van der Waals surface area contributed by atoms with Gasteiger partial charge in [0.05, 0.1) is 12.7 Å². The Morgan fingerprint density at radius 3 is 2.67 bits per heavy atom. The molecule has 2 aliphatic heterocycles. The third-order valence-electron chi connectivity index (χ3n) is 4.86. The van der Waals surface area contributed by atoms with Gasteiger partial charge in [0, 0.05) is 31.1 Å². The molecule has 0 unspecified atom stereocenters. The van der Waals surface area contributed by atoms with E-state index in [1.807, 2.05) is 12.1 Å². The Balaban J connectivity index is 1.41. The van der Waals surface area contributed by atoms with Gasteiger partial charge in [-0.3, -0.25) is 4.79 Å². The van der Waals surface area contributed by atoms with Crippen LogP contribution in [0.3, 0.4) is 0 Å². The molecule has 2 fully saturated rings. The third kappa shape index (κ3) is 4.95. The Hall–Kier alpha value is -1.59. The molecule has 2 saturated heterocycles. The van der Waals surface area contributed by atoms with E-state index in [1.165, 1.54) is 18.5 Å². The second-order valence-electron chi connectivity index (χ2n) is 6.91. The Morgan fingerprint density at radius 1 is 1.25 bits per heavy atom. The van der Waals surface area contributed by atoms with Gasteiger partial charge in [-0.15, -0.1) is 0 Å². The Labute approximate surface area is 144 Å². The van der Waals surface area contributed by atoms with Gasteiger partial charge in [0.2, 0.25) is 5.91 Å². The molecule has 1 atom stereocenters. The zero-order valence-electron chi connectivity index (χ0n) is 14.5. The first-order chi connectivity index (χ1) is 11.7. The summed E-state index contributed by atoms with van der Waals surface area (Å²) in [6, 6.07) is 8.09. The molecule has 0 aromatic heterocycles. The molecule has 0 aliphatic carbocycles. The fourth-order valence-corrected chi connectivity index (χ4v) is 3.28. The maximum absolute atomic E-state index is 11.9. The van der Waals surface area contributed by atoms with Crippen molar-refractivity contribution in [2.24, 2.45) is 5.92 Å². The summed E-state index contributed by atoms with van der Waals surface area (Å²) >= 11 is 0. The number of nitrogens with one attached hydrogen (secondary N) is 1. The van der Waals surface area contributed by atoms with Gasteiger partial charge in [-0.2, -0.15) is 0 Å². The molecule has 5 heteroatoms. The average Bonchev–Trinajstić information content (AvgIpc) is 3.10. The summed E-state index contributed by atoms with van der Waals surface area (Å²) in [5, 5.41) is 2.88. The van der Waals surface area contributed by atoms with Gasteiger partial charge in [0.15, 0.2) is 0 Å². The van der Waals surface area contributed by atoms with Crippen LogP contribution in [0.25, 0.3) is 0 Å². The van der Waals surface area contributed by atoms with Crippen molar-refractivity contribution in [3.05, 3.63) is 24.3 Å². The van der Waals surface area contributed by atoms with Crippen molar-refractivity contribution in [1.82, 2.24) is 0 Å². The molecule has 1 aromatic rings. The van der Waals surface area contributed by atoms with Gasteiger partial charge in [-0.25, -0.2) is 0 Å². The van der Waals surface area contributed by atoms with E-state index in [0.29, 0.717) is 6.61 Å². The normalized spacial score (nSPS) is 21.9. The number of carbonyl (C=O) groups excluding carboxylic acids is 1. The minimum atomic E-state index is -0.118. The van der Waals surface area contributed by atoms with Crippen LogP contribution in [0, 0.1) is 5.92 Å². The quantitative estimate of drug-likeness (QED) is 0.870. The van der Waals surface area contributed by atoms with E-state index in [4.69, 9.17) is 9.47 Å². The van der Waals surface area contributed by atoms with Crippen LogP contribution in [0.5, 0.6) is 0 Å². The van der Waals surface area contributed by atoms with E-state index in [-0.39, 0.29) is 18.6 Å². The van der Waals surface area contributed by atoms with E-state index in [0.717, 1.165) is 44.1 Å². The summed E-state index contributed by atoms with van der Waals surface area (Å²) in [5.74, 6) is 0.710. The lowest BCUT2D eigenvalue weighted by Crippen LogP contribution is -2.32. The topological polar surface area (TPSA) is 50.8 Å². The molecule has 0 saturated carbocycles. The zero-order valence-corrected chi connectivity index (χ0v) is 14.5. The lowest BCUT2D eigenvalue weighted by atomic mass is 9.99. The Morgan fingerprint density at radius 2 is 2.00 bits per heavy atom. The van der Waals surface area contributed by atoms with Crippen LogP contribution >= 0.6 is 0 Å². The number of piperidine rings is 1. The fourth-order valence-electron chi connectivity index (χ4n) is 3.28. The highest BCUT2D eigenvalue weighted by Gasteiger charge is 2.17. The van der Waals surface area contributed by atoms with Crippen molar-refractivity contribution in [3.8, 4) is 0 Å². The van der Waals surface area contributed by atoms with Crippen molar-refractivity contribution < 1.29 is 14.3 Å². The standard InChI is InChI=1S/C19H28N2O3/c1-15-8-10-21(11-9-15)17-6-4-16(5-7-17)20-19(22)14-23-13-18-3-2-12-24-18/h4-7,15,18H,2-3,8-14H2,1H3,(H,20,22)/t18-/m0/s1. The predicted molar refractivity (Wildman–Crippen MR) is 95.5 cm³/mol. The van der Waals surface area contributed by atoms with Crippen molar-refractivity contribution in [1.29, 1.82) is 0 Å². The highest BCUT2D eigenvalue weighted by atomic mass is 16.5. The molecule has 132 valence electrons. The largest absolute Gasteiger partial charge is 0.376 e. The van der Waals surface area contributed by atoms with Crippen LogP contribution in [0.2, 0.25) is 0 Å². The van der Waals surface area contributed by atoms with E-state index in [1.54, 1.807) is 0 Å². The van der Waals surface area contributed by atoms with E-state index < -0.39 is 0 Å². The zero-order chi connectivity index (χ0) is 16.8. The second kappa shape index (κ2) is 8.49. The molecule has 1 N–H and O–H groups in total. The van der Waals surface area contributed by atoms with Crippen molar-refractivity contribution in [2.45, 2.75) is 38.7 Å². The molecular formula is C19H28N2O3. The van der Waals surface area contributed by atoms with Gasteiger partial charge in [-0.1, -0.05) is 6.92 Å². The monoisotopic (exact) mass is 332 g/mol. The minimum Gasteiger partial charge on any atom is -0.376 e. The summed E-state index contributed by atoms with van der Waals surface area (Å²) < 4.78 is 10.9. The Bertz CT molecular complexity index is 518. The lowest BCUT2D eigenvalue weighted by Gasteiger charge is -2.32. The van der Waals surface area contributed by atoms with Gasteiger partial charge in [0.25, 0.3) is 0 Å². The summed E-state index contributed by atoms with van der Waals surface area (Å²) in [6.45, 7) is 5.93. The number of ether oxygens (including phenoxy) is 2. The first-order valence-corrected chi connectivity index (χ1v) is 9.05. The van der Waals surface area contributed by atoms with Crippen LogP contribution in [-0.2, 0) is 14.3 Å². The summed E-state index contributed by atoms with van der Waals surface area (Å²) in [5.41, 5.74) is 2.05. The predicted octanol–water partition coefficient (Wildman–Crippen LogP) is 3.06. The van der Waals surface area contributed by atoms with Crippen molar-refractivity contribution in [3.63, 3.8) is 0 Å². The van der Waals surface area contributed by atoms with Crippen LogP contribution in [0.1, 0.15) is 32.6 Å². The van der Waals surface area contributed by atoms with Crippen molar-refractivity contribution >= 4 is 17.3 Å². The maximum atomic E-state index is 11.9. The van der Waals surface area contributed by atoms with Crippen LogP contribution in [-0.4, -0.2) is 44.9 Å². The van der Waals surface area contributed by atoms with E-state index in [2.05, 4.69) is 29.3 Å². The summed E-state index contributed by atoms with van der Waals surface area (Å²) in [6.07, 6.45) is 4.77. The first kappa shape index (κ1) is 17.2. The number of rotatable bonds is 6. The van der Waals surface area contributed by atoms with Crippen molar-refractivity contribution in [2.75, 3.05) is 43.1 Å². The molecule has 1 amide bonds. The van der Waals surface area contributed by atoms with Gasteiger partial charge in [0.1, 0.15) is 6.61 Å². The number of amides is 1. The van der Waals surface area contributed by atoms with E-state index in [9.17, 15) is 4.79 Å². The molecular weight excluding hydrogens is 304 g/mol. The highest BCUT2D eigenvalue weighted by molar-refractivity contribution is 5.91. The number of carbonyl (C=O) groups is 1. The first-order valence-electron chi connectivity index (χ1n) is 9.05. The number of benzene rings is 1. The molecule has 24 heavy (non-hydrogen) atoms. The summed E-state index contributed by atoms with van der Waals surface area (Å²) in [7, 11) is 0. The number of hydrogen-bond donors (Lipinski definition) is 1. The average molecular weight is 332 g/mol. The third-order valence-corrected chi connectivity index (χ3v) is 4.86. The highest BCUT2D eigenvalue weighted by Crippen LogP contribution is 2.24. The van der Waals surface area contributed by atoms with Crippen LogP contribution in [0.4, 0.5) is 11.4 Å². The number of hydrogen-bond acceptors (Lipinski definition) is 4. The molecule has 3 rings (SSSR count). The minimum absolute atomic E-state index is 0.0750. The molecule has 5 nitrogen and oxygen atoms in total. The van der Waals surface area contributed by atoms with Gasteiger partial charge >= 0.3 is 0 Å². The van der Waals surface area contributed by atoms with Crippen LogP contribution < -0.4 is 10.2 Å². The maximum Gasteiger partial charge on any atom is 0.250 e. The number of nitrogens with zero attached hydrogens (tertiary/aromatic N) is 1. The van der Waals surface area contributed by atoms with Crippen LogP contribution in [0.15, 0.2) is 24.3 Å². The molecule has 2 aliphatic rings. The molecule has 1 aromatic carbocycles.